The predicted octanol–water partition coefficient (Wildman–Crippen LogP) is 2.26. The molecule has 1 aromatic rings. The predicted molar refractivity (Wildman–Crippen MR) is 54.9 cm³/mol. The number of aryl methyl sites for hydroxylation is 1. The molecule has 69 valence electrons. The maximum Gasteiger partial charge on any atom is -0.00431 e. The van der Waals surface area contributed by atoms with Gasteiger partial charge in [-0.3, -0.25) is 0 Å². The van der Waals surface area contributed by atoms with Crippen molar-refractivity contribution in [3.05, 3.63) is 35.4 Å². The quantitative estimate of drug-likeness (QED) is 0.688. The second-order valence-corrected chi connectivity index (χ2v) is 3.87. The fourth-order valence-electron chi connectivity index (χ4n) is 2.01. The maximum absolute atomic E-state index is 3.39. The third-order valence-electron chi connectivity index (χ3n) is 2.77. The van der Waals surface area contributed by atoms with Crippen LogP contribution in [0.1, 0.15) is 29.9 Å². The number of hydrogen-bond acceptors (Lipinski definition) is 1. The van der Waals surface area contributed by atoms with Crippen molar-refractivity contribution >= 4 is 0 Å². The molecule has 1 aliphatic rings. The van der Waals surface area contributed by atoms with Crippen molar-refractivity contribution in [3.8, 4) is 0 Å². The Morgan fingerprint density at radius 3 is 2.77 bits per heavy atom. The second kappa shape index (κ2) is 3.93. The number of benzene rings is 1. The van der Waals surface area contributed by atoms with Crippen LogP contribution in [0.4, 0.5) is 0 Å². The normalized spacial score (nSPS) is 18.8. The zero-order chi connectivity index (χ0) is 9.10. The molecule has 0 aromatic heterocycles. The van der Waals surface area contributed by atoms with E-state index in [9.17, 15) is 0 Å². The molecule has 0 aliphatic carbocycles. The first-order valence-corrected chi connectivity index (χ1v) is 5.04. The lowest BCUT2D eigenvalue weighted by molar-refractivity contribution is 0.460. The fourth-order valence-corrected chi connectivity index (χ4v) is 2.01. The van der Waals surface area contributed by atoms with E-state index in [1.807, 2.05) is 6.07 Å². The van der Waals surface area contributed by atoms with Gasteiger partial charge < -0.3 is 5.32 Å². The Hall–Kier alpha value is -0.820. The zero-order valence-electron chi connectivity index (χ0n) is 8.14. The average molecular weight is 174 g/mol. The summed E-state index contributed by atoms with van der Waals surface area (Å²) in [6.07, 6.45) is 2.55. The van der Waals surface area contributed by atoms with E-state index in [1.54, 1.807) is 0 Å². The van der Waals surface area contributed by atoms with Crippen LogP contribution in [0.15, 0.2) is 18.2 Å². The van der Waals surface area contributed by atoms with E-state index >= 15 is 0 Å². The minimum Gasteiger partial charge on any atom is -0.317 e. The van der Waals surface area contributed by atoms with Crippen LogP contribution in [0.25, 0.3) is 0 Å². The van der Waals surface area contributed by atoms with Gasteiger partial charge in [0.15, 0.2) is 0 Å². The SMILES string of the molecule is Cc1c[c]cc(C2CCNCC2)c1. The zero-order valence-corrected chi connectivity index (χ0v) is 8.14. The van der Waals surface area contributed by atoms with Gasteiger partial charge in [-0.15, -0.1) is 0 Å². The van der Waals surface area contributed by atoms with Gasteiger partial charge in [-0.1, -0.05) is 23.8 Å². The molecule has 1 heteroatoms. The lowest BCUT2D eigenvalue weighted by atomic mass is 9.89. The minimum atomic E-state index is 0.761. The van der Waals surface area contributed by atoms with Gasteiger partial charge in [0.05, 0.1) is 0 Å². The van der Waals surface area contributed by atoms with Crippen LogP contribution < -0.4 is 5.32 Å². The second-order valence-electron chi connectivity index (χ2n) is 3.87. The number of hydrogen-bond donors (Lipinski definition) is 1. The largest absolute Gasteiger partial charge is 0.317 e. The van der Waals surface area contributed by atoms with Crippen molar-refractivity contribution < 1.29 is 0 Å². The van der Waals surface area contributed by atoms with Gasteiger partial charge in [-0.05, 0) is 50.4 Å². The third-order valence-corrected chi connectivity index (χ3v) is 2.77. The summed E-state index contributed by atoms with van der Waals surface area (Å²) in [6, 6.07) is 9.69. The summed E-state index contributed by atoms with van der Waals surface area (Å²) in [6.45, 7) is 4.47. The van der Waals surface area contributed by atoms with Gasteiger partial charge in [0, 0.05) is 0 Å². The van der Waals surface area contributed by atoms with Crippen LogP contribution in [0, 0.1) is 13.0 Å². The molecule has 2 rings (SSSR count). The Morgan fingerprint density at radius 2 is 2.08 bits per heavy atom. The Morgan fingerprint density at radius 1 is 1.31 bits per heavy atom. The summed E-state index contributed by atoms with van der Waals surface area (Å²) in [4.78, 5) is 0. The molecular formula is C12H16N. The molecule has 0 spiro atoms. The Labute approximate surface area is 80.2 Å². The van der Waals surface area contributed by atoms with Gasteiger partial charge in [-0.25, -0.2) is 0 Å². The van der Waals surface area contributed by atoms with Gasteiger partial charge >= 0.3 is 0 Å². The van der Waals surface area contributed by atoms with Crippen LogP contribution in [0.5, 0.6) is 0 Å². The van der Waals surface area contributed by atoms with Crippen LogP contribution in [0.2, 0.25) is 0 Å². The van der Waals surface area contributed by atoms with E-state index in [4.69, 9.17) is 0 Å². The Bertz CT molecular complexity index is 274. The van der Waals surface area contributed by atoms with Crippen molar-refractivity contribution in [3.63, 3.8) is 0 Å². The number of rotatable bonds is 1. The van der Waals surface area contributed by atoms with E-state index in [-0.39, 0.29) is 0 Å². The van der Waals surface area contributed by atoms with Crippen molar-refractivity contribution in [1.29, 1.82) is 0 Å². The summed E-state index contributed by atoms with van der Waals surface area (Å²) in [5.74, 6) is 0.761. The molecule has 1 N–H and O–H groups in total. The molecule has 1 saturated heterocycles. The van der Waals surface area contributed by atoms with Gasteiger partial charge in [0.2, 0.25) is 0 Å². The average Bonchev–Trinajstić information content (AvgIpc) is 2.19. The first-order chi connectivity index (χ1) is 6.36. The molecule has 0 bridgehead atoms. The smallest absolute Gasteiger partial charge is 0.00431 e. The summed E-state index contributed by atoms with van der Waals surface area (Å²) in [5.41, 5.74) is 2.80. The van der Waals surface area contributed by atoms with Crippen LogP contribution in [0.3, 0.4) is 0 Å². The van der Waals surface area contributed by atoms with E-state index in [0.29, 0.717) is 0 Å². The highest BCUT2D eigenvalue weighted by Crippen LogP contribution is 2.25. The highest BCUT2D eigenvalue weighted by Gasteiger charge is 2.14. The third kappa shape index (κ3) is 2.10. The van der Waals surface area contributed by atoms with Crippen molar-refractivity contribution in [1.82, 2.24) is 5.32 Å². The van der Waals surface area contributed by atoms with E-state index in [2.05, 4.69) is 30.4 Å². The van der Waals surface area contributed by atoms with Crippen LogP contribution >= 0.6 is 0 Å². The topological polar surface area (TPSA) is 12.0 Å². The molecule has 1 fully saturated rings. The summed E-state index contributed by atoms with van der Waals surface area (Å²) in [7, 11) is 0. The van der Waals surface area contributed by atoms with Crippen LogP contribution in [-0.4, -0.2) is 13.1 Å². The van der Waals surface area contributed by atoms with Crippen molar-refractivity contribution in [2.24, 2.45) is 0 Å². The molecule has 0 unspecified atom stereocenters. The number of nitrogens with one attached hydrogen (secondary N) is 1. The van der Waals surface area contributed by atoms with Crippen molar-refractivity contribution in [2.75, 3.05) is 13.1 Å². The molecule has 0 atom stereocenters. The van der Waals surface area contributed by atoms with Crippen LogP contribution in [-0.2, 0) is 0 Å². The van der Waals surface area contributed by atoms with E-state index < -0.39 is 0 Å². The molecular weight excluding hydrogens is 158 g/mol. The molecule has 1 nitrogen and oxygen atoms in total. The highest BCUT2D eigenvalue weighted by molar-refractivity contribution is 5.25. The first kappa shape index (κ1) is 8.76. The molecule has 0 amide bonds. The van der Waals surface area contributed by atoms with Gasteiger partial charge in [0.1, 0.15) is 0 Å². The van der Waals surface area contributed by atoms with Gasteiger partial charge in [0.25, 0.3) is 0 Å². The summed E-state index contributed by atoms with van der Waals surface area (Å²) >= 11 is 0. The minimum absolute atomic E-state index is 0.761. The van der Waals surface area contributed by atoms with Gasteiger partial charge in [-0.2, -0.15) is 0 Å². The highest BCUT2D eigenvalue weighted by atomic mass is 14.9. The summed E-state index contributed by atoms with van der Waals surface area (Å²) in [5, 5.41) is 3.39. The number of piperidine rings is 1. The molecule has 0 saturated carbocycles. The fraction of sp³-hybridized carbons (Fsp3) is 0.500. The Kier molecular flexibility index (Phi) is 2.65. The lowest BCUT2D eigenvalue weighted by Crippen LogP contribution is -2.26. The van der Waals surface area contributed by atoms with E-state index in [0.717, 1.165) is 5.92 Å². The first-order valence-electron chi connectivity index (χ1n) is 5.04. The van der Waals surface area contributed by atoms with Crippen molar-refractivity contribution in [2.45, 2.75) is 25.7 Å². The lowest BCUT2D eigenvalue weighted by Gasteiger charge is -2.23. The molecule has 1 heterocycles. The molecule has 1 aromatic carbocycles. The standard InChI is InChI=1S/C12H16N/c1-10-3-2-4-12(9-10)11-5-7-13-8-6-11/h3-4,9,11,13H,5-8H2,1H3. The Balaban J connectivity index is 2.14. The molecule has 1 radical (unpaired) electrons. The summed E-state index contributed by atoms with van der Waals surface area (Å²) < 4.78 is 0. The molecule has 13 heavy (non-hydrogen) atoms. The maximum atomic E-state index is 3.39. The molecule has 1 aliphatic heterocycles. The van der Waals surface area contributed by atoms with E-state index in [1.165, 1.54) is 37.1 Å². The monoisotopic (exact) mass is 174 g/mol.